The van der Waals surface area contributed by atoms with E-state index in [1.807, 2.05) is 36.4 Å². The summed E-state index contributed by atoms with van der Waals surface area (Å²) in [5, 5.41) is 5.70. The van der Waals surface area contributed by atoms with E-state index < -0.39 is 0 Å². The van der Waals surface area contributed by atoms with Crippen molar-refractivity contribution in [1.82, 2.24) is 9.55 Å². The molecule has 5 rings (SSSR count). The van der Waals surface area contributed by atoms with Crippen molar-refractivity contribution in [1.29, 1.82) is 0 Å². The molecule has 37 heavy (non-hydrogen) atoms. The first-order chi connectivity index (χ1) is 18.2. The number of para-hydroxylation sites is 2. The first-order valence-corrected chi connectivity index (χ1v) is 13.1. The molecule has 1 aromatic heterocycles. The molecule has 1 heterocycles. The van der Waals surface area contributed by atoms with Gasteiger partial charge in [-0.3, -0.25) is 0 Å². The van der Waals surface area contributed by atoms with Crippen LogP contribution in [0.1, 0.15) is 11.4 Å². The highest BCUT2D eigenvalue weighted by Crippen LogP contribution is 2.27. The number of rotatable bonds is 9. The van der Waals surface area contributed by atoms with Crippen molar-refractivity contribution in [3.63, 3.8) is 0 Å². The Morgan fingerprint density at radius 2 is 1.49 bits per heavy atom. The summed E-state index contributed by atoms with van der Waals surface area (Å²) in [6.07, 6.45) is 0.956. The highest BCUT2D eigenvalue weighted by atomic mass is 32.2. The lowest BCUT2D eigenvalue weighted by atomic mass is 10.1. The number of anilines is 2. The van der Waals surface area contributed by atoms with Gasteiger partial charge in [-0.25, -0.2) is 9.78 Å². The number of hydrogen-bond acceptors (Lipinski definition) is 4. The van der Waals surface area contributed by atoms with Crippen LogP contribution < -0.4 is 15.4 Å². The van der Waals surface area contributed by atoms with Crippen molar-refractivity contribution in [3.05, 3.63) is 115 Å². The number of thioether (sulfide) groups is 1. The fourth-order valence-electron chi connectivity index (χ4n) is 4.12. The molecule has 0 aliphatic carbocycles. The van der Waals surface area contributed by atoms with Gasteiger partial charge in [0.1, 0.15) is 11.6 Å². The van der Waals surface area contributed by atoms with E-state index in [0.29, 0.717) is 5.69 Å². The Hall–Kier alpha value is -4.23. The van der Waals surface area contributed by atoms with E-state index in [2.05, 4.69) is 57.7 Å². The molecule has 5 aromatic rings. The molecule has 7 heteroatoms. The molecular formula is C30H28N4O2S. The molecule has 0 bridgehead atoms. The normalized spacial score (nSPS) is 10.8. The van der Waals surface area contributed by atoms with Gasteiger partial charge < -0.3 is 19.9 Å². The average molecular weight is 509 g/mol. The number of ether oxygens (including phenoxy) is 1. The molecule has 0 aliphatic rings. The number of amides is 2. The van der Waals surface area contributed by atoms with Gasteiger partial charge >= 0.3 is 6.03 Å². The number of carbonyl (C=O) groups is 1. The zero-order chi connectivity index (χ0) is 25.5. The van der Waals surface area contributed by atoms with Crippen LogP contribution in [0.5, 0.6) is 5.75 Å². The Balaban J connectivity index is 1.20. The lowest BCUT2D eigenvalue weighted by molar-refractivity contribution is 0.262. The molecule has 6 nitrogen and oxygen atoms in total. The summed E-state index contributed by atoms with van der Waals surface area (Å²) in [6, 6.07) is 33.6. The van der Waals surface area contributed by atoms with E-state index in [1.54, 1.807) is 43.1 Å². The van der Waals surface area contributed by atoms with E-state index in [4.69, 9.17) is 9.72 Å². The molecule has 0 saturated heterocycles. The lowest BCUT2D eigenvalue weighted by Gasteiger charge is -2.10. The molecule has 2 N–H and O–H groups in total. The largest absolute Gasteiger partial charge is 0.497 e. The van der Waals surface area contributed by atoms with Crippen molar-refractivity contribution in [2.45, 2.75) is 23.6 Å². The molecule has 2 amide bonds. The number of aromatic nitrogens is 2. The third-order valence-electron chi connectivity index (χ3n) is 6.03. The third-order valence-corrected chi connectivity index (χ3v) is 7.04. The second-order valence-electron chi connectivity index (χ2n) is 8.52. The third kappa shape index (κ3) is 6.32. The number of fused-ring (bicyclic) bond motifs is 1. The van der Waals surface area contributed by atoms with Crippen LogP contribution in [-0.2, 0) is 18.7 Å². The van der Waals surface area contributed by atoms with Crippen molar-refractivity contribution < 1.29 is 9.53 Å². The maximum atomic E-state index is 12.3. The van der Waals surface area contributed by atoms with E-state index in [-0.39, 0.29) is 6.03 Å². The molecule has 0 atom stereocenters. The van der Waals surface area contributed by atoms with E-state index >= 15 is 0 Å². The van der Waals surface area contributed by atoms with Crippen molar-refractivity contribution in [3.8, 4) is 5.75 Å². The quantitative estimate of drug-likeness (QED) is 0.206. The van der Waals surface area contributed by atoms with Gasteiger partial charge in [0.15, 0.2) is 0 Å². The standard InChI is InChI=1S/C30H28N4O2S/c1-36-25-15-11-23(12-16-25)31-30(35)32-24-13-17-26(18-14-24)37-21-29-33-27-9-5-6-10-28(27)34(29)20-19-22-7-3-2-4-8-22/h2-18H,19-21H2,1H3,(H2,31,32,35). The van der Waals surface area contributed by atoms with Crippen LogP contribution in [0, 0.1) is 0 Å². The molecule has 0 radical (unpaired) electrons. The summed E-state index contributed by atoms with van der Waals surface area (Å²) in [4.78, 5) is 18.4. The molecule has 0 spiro atoms. The van der Waals surface area contributed by atoms with Gasteiger partial charge in [0.25, 0.3) is 0 Å². The Labute approximate surface area is 220 Å². The SMILES string of the molecule is COc1ccc(NC(=O)Nc2ccc(SCc3nc4ccccc4n3CCc3ccccc3)cc2)cc1. The van der Waals surface area contributed by atoms with Gasteiger partial charge in [-0.15, -0.1) is 11.8 Å². The Morgan fingerprint density at radius 3 is 2.19 bits per heavy atom. The van der Waals surface area contributed by atoms with Crippen LogP contribution in [0.2, 0.25) is 0 Å². The Morgan fingerprint density at radius 1 is 0.838 bits per heavy atom. The number of methoxy groups -OCH3 is 1. The van der Waals surface area contributed by atoms with Gasteiger partial charge in [0.05, 0.1) is 23.9 Å². The topological polar surface area (TPSA) is 68.2 Å². The second kappa shape index (κ2) is 11.7. The summed E-state index contributed by atoms with van der Waals surface area (Å²) < 4.78 is 7.47. The summed E-state index contributed by atoms with van der Waals surface area (Å²) in [5.74, 6) is 2.56. The second-order valence-corrected chi connectivity index (χ2v) is 9.57. The Bertz CT molecular complexity index is 1470. The number of nitrogens with zero attached hydrogens (tertiary/aromatic N) is 2. The molecule has 4 aromatic carbocycles. The molecule has 0 unspecified atom stereocenters. The number of aryl methyl sites for hydroxylation is 2. The number of imidazole rings is 1. The van der Waals surface area contributed by atoms with E-state index in [9.17, 15) is 4.79 Å². The molecule has 0 saturated carbocycles. The van der Waals surface area contributed by atoms with Crippen LogP contribution in [0.4, 0.5) is 16.2 Å². The predicted molar refractivity (Wildman–Crippen MR) is 152 cm³/mol. The van der Waals surface area contributed by atoms with Crippen LogP contribution >= 0.6 is 11.8 Å². The van der Waals surface area contributed by atoms with Crippen LogP contribution in [0.15, 0.2) is 108 Å². The first kappa shape index (κ1) is 24.5. The zero-order valence-corrected chi connectivity index (χ0v) is 21.4. The summed E-state index contributed by atoms with van der Waals surface area (Å²) in [7, 11) is 1.61. The smallest absolute Gasteiger partial charge is 0.323 e. The van der Waals surface area contributed by atoms with Crippen LogP contribution in [-0.4, -0.2) is 22.7 Å². The van der Waals surface area contributed by atoms with Gasteiger partial charge in [0.2, 0.25) is 0 Å². The summed E-state index contributed by atoms with van der Waals surface area (Å²) >= 11 is 1.73. The maximum absolute atomic E-state index is 12.3. The minimum atomic E-state index is -0.294. The highest BCUT2D eigenvalue weighted by molar-refractivity contribution is 7.98. The minimum Gasteiger partial charge on any atom is -0.497 e. The van der Waals surface area contributed by atoms with Crippen molar-refractivity contribution >= 4 is 40.2 Å². The fraction of sp³-hybridized carbons (Fsp3) is 0.133. The number of hydrogen-bond donors (Lipinski definition) is 2. The number of urea groups is 1. The molecule has 0 fully saturated rings. The van der Waals surface area contributed by atoms with Gasteiger partial charge in [-0.2, -0.15) is 0 Å². The van der Waals surface area contributed by atoms with Crippen molar-refractivity contribution in [2.75, 3.05) is 17.7 Å². The fourth-order valence-corrected chi connectivity index (χ4v) is 4.97. The van der Waals surface area contributed by atoms with E-state index in [0.717, 1.165) is 51.9 Å². The van der Waals surface area contributed by atoms with Gasteiger partial charge in [0, 0.05) is 22.8 Å². The molecule has 0 aliphatic heterocycles. The molecular weight excluding hydrogens is 480 g/mol. The number of carbonyl (C=O) groups excluding carboxylic acids is 1. The van der Waals surface area contributed by atoms with Crippen LogP contribution in [0.3, 0.4) is 0 Å². The van der Waals surface area contributed by atoms with E-state index in [1.165, 1.54) is 5.56 Å². The predicted octanol–water partition coefficient (Wildman–Crippen LogP) is 7.22. The van der Waals surface area contributed by atoms with Gasteiger partial charge in [-0.1, -0.05) is 42.5 Å². The highest BCUT2D eigenvalue weighted by Gasteiger charge is 2.11. The number of benzene rings is 4. The summed E-state index contributed by atoms with van der Waals surface area (Å²) in [5.41, 5.74) is 4.93. The average Bonchev–Trinajstić information content (AvgIpc) is 3.30. The van der Waals surface area contributed by atoms with Crippen molar-refractivity contribution in [2.24, 2.45) is 0 Å². The first-order valence-electron chi connectivity index (χ1n) is 12.1. The Kier molecular flexibility index (Phi) is 7.72. The van der Waals surface area contributed by atoms with Crippen LogP contribution in [0.25, 0.3) is 11.0 Å². The monoisotopic (exact) mass is 508 g/mol. The maximum Gasteiger partial charge on any atom is 0.323 e. The summed E-state index contributed by atoms with van der Waals surface area (Å²) in [6.45, 7) is 0.882. The number of nitrogens with one attached hydrogen (secondary N) is 2. The van der Waals surface area contributed by atoms with Gasteiger partial charge in [-0.05, 0) is 72.6 Å². The molecule has 186 valence electrons. The zero-order valence-electron chi connectivity index (χ0n) is 20.6. The minimum absolute atomic E-state index is 0.294. The lowest BCUT2D eigenvalue weighted by Crippen LogP contribution is -2.19.